The minimum atomic E-state index is -0.0997. The van der Waals surface area contributed by atoms with Crippen molar-refractivity contribution in [3.8, 4) is 0 Å². The van der Waals surface area contributed by atoms with Crippen LogP contribution in [0, 0.1) is 0 Å². The van der Waals surface area contributed by atoms with Crippen molar-refractivity contribution in [3.63, 3.8) is 0 Å². The predicted octanol–water partition coefficient (Wildman–Crippen LogP) is 2.88. The van der Waals surface area contributed by atoms with Crippen LogP contribution in [0.1, 0.15) is 38.4 Å². The van der Waals surface area contributed by atoms with Gasteiger partial charge in [-0.1, -0.05) is 0 Å². The zero-order valence-corrected chi connectivity index (χ0v) is 11.8. The van der Waals surface area contributed by atoms with Gasteiger partial charge in [0.2, 0.25) is 0 Å². The van der Waals surface area contributed by atoms with Crippen LogP contribution in [0.4, 0.5) is 5.69 Å². The molecule has 1 aliphatic carbocycles. The summed E-state index contributed by atoms with van der Waals surface area (Å²) in [6, 6.07) is 5.97. The lowest BCUT2D eigenvalue weighted by molar-refractivity contribution is 0.110. The molecular weight excluding hydrogens is 238 g/mol. The van der Waals surface area contributed by atoms with Gasteiger partial charge in [-0.25, -0.2) is 4.98 Å². The third-order valence-electron chi connectivity index (χ3n) is 3.75. The minimum Gasteiger partial charge on any atom is -0.399 e. The first-order chi connectivity index (χ1) is 9.03. The van der Waals surface area contributed by atoms with Crippen LogP contribution in [-0.4, -0.2) is 23.3 Å². The molecular formula is C15H21N3O. The van der Waals surface area contributed by atoms with E-state index in [1.807, 2.05) is 12.1 Å². The van der Waals surface area contributed by atoms with E-state index >= 15 is 0 Å². The number of rotatable bonds is 4. The number of imidazole rings is 1. The second-order valence-corrected chi connectivity index (χ2v) is 6.07. The van der Waals surface area contributed by atoms with Crippen molar-refractivity contribution < 1.29 is 4.74 Å². The molecule has 0 saturated heterocycles. The fourth-order valence-electron chi connectivity index (χ4n) is 2.79. The number of nitrogen functional groups attached to an aromatic ring is 1. The van der Waals surface area contributed by atoms with Gasteiger partial charge in [-0.3, -0.25) is 0 Å². The zero-order chi connectivity index (χ0) is 13.6. The standard InChI is InChI=1S/C15H21N3O/c1-15(2,9-19-3)18-13-7-6-11(16)8-12(13)17-14(18)10-4-5-10/h6-8,10H,4-5,9,16H2,1-3H3. The van der Waals surface area contributed by atoms with Gasteiger partial charge < -0.3 is 15.0 Å². The van der Waals surface area contributed by atoms with Gasteiger partial charge in [-0.15, -0.1) is 0 Å². The summed E-state index contributed by atoms with van der Waals surface area (Å²) in [5, 5.41) is 0. The molecule has 1 aromatic heterocycles. The molecule has 0 bridgehead atoms. The molecule has 4 heteroatoms. The van der Waals surface area contributed by atoms with Crippen LogP contribution in [0.15, 0.2) is 18.2 Å². The summed E-state index contributed by atoms with van der Waals surface area (Å²) in [7, 11) is 1.75. The Morgan fingerprint density at radius 2 is 2.16 bits per heavy atom. The van der Waals surface area contributed by atoms with E-state index < -0.39 is 0 Å². The summed E-state index contributed by atoms with van der Waals surface area (Å²) in [6.07, 6.45) is 2.48. The molecule has 4 nitrogen and oxygen atoms in total. The fourth-order valence-corrected chi connectivity index (χ4v) is 2.79. The summed E-state index contributed by atoms with van der Waals surface area (Å²) in [6.45, 7) is 5.06. The number of nitrogens with two attached hydrogens (primary N) is 1. The lowest BCUT2D eigenvalue weighted by atomic mass is 10.1. The lowest BCUT2D eigenvalue weighted by Gasteiger charge is -2.28. The van der Waals surface area contributed by atoms with Gasteiger partial charge in [0.1, 0.15) is 5.82 Å². The van der Waals surface area contributed by atoms with Crippen molar-refractivity contribution in [3.05, 3.63) is 24.0 Å². The maximum atomic E-state index is 5.87. The van der Waals surface area contributed by atoms with E-state index in [4.69, 9.17) is 15.5 Å². The Labute approximate surface area is 113 Å². The molecule has 102 valence electrons. The van der Waals surface area contributed by atoms with E-state index in [9.17, 15) is 0 Å². The molecule has 2 aromatic rings. The van der Waals surface area contributed by atoms with Crippen molar-refractivity contribution in [1.82, 2.24) is 9.55 Å². The number of anilines is 1. The van der Waals surface area contributed by atoms with Gasteiger partial charge in [0.25, 0.3) is 0 Å². The maximum absolute atomic E-state index is 5.87. The molecule has 0 unspecified atom stereocenters. The molecule has 1 aliphatic rings. The summed E-state index contributed by atoms with van der Waals surface area (Å²) in [5.74, 6) is 1.78. The van der Waals surface area contributed by atoms with E-state index in [-0.39, 0.29) is 5.54 Å². The van der Waals surface area contributed by atoms with Crippen molar-refractivity contribution in [2.45, 2.75) is 38.1 Å². The average Bonchev–Trinajstić information content (AvgIpc) is 3.09. The first-order valence-corrected chi connectivity index (χ1v) is 6.80. The first-order valence-electron chi connectivity index (χ1n) is 6.80. The van der Waals surface area contributed by atoms with Crippen molar-refractivity contribution in [2.75, 3.05) is 19.5 Å². The van der Waals surface area contributed by atoms with Gasteiger partial charge in [0.15, 0.2) is 0 Å². The quantitative estimate of drug-likeness (QED) is 0.859. The molecule has 0 atom stereocenters. The highest BCUT2D eigenvalue weighted by Crippen LogP contribution is 2.42. The highest BCUT2D eigenvalue weighted by molar-refractivity contribution is 5.80. The monoisotopic (exact) mass is 259 g/mol. The molecule has 1 saturated carbocycles. The first kappa shape index (κ1) is 12.5. The van der Waals surface area contributed by atoms with E-state index in [0.29, 0.717) is 12.5 Å². The van der Waals surface area contributed by atoms with E-state index in [0.717, 1.165) is 16.7 Å². The third-order valence-corrected chi connectivity index (χ3v) is 3.75. The van der Waals surface area contributed by atoms with Crippen LogP contribution in [-0.2, 0) is 10.3 Å². The van der Waals surface area contributed by atoms with Gasteiger partial charge >= 0.3 is 0 Å². The number of benzene rings is 1. The largest absolute Gasteiger partial charge is 0.399 e. The number of aromatic nitrogens is 2. The van der Waals surface area contributed by atoms with E-state index in [2.05, 4.69) is 24.5 Å². The maximum Gasteiger partial charge on any atom is 0.113 e. The van der Waals surface area contributed by atoms with Crippen LogP contribution in [0.3, 0.4) is 0 Å². The Morgan fingerprint density at radius 1 is 1.42 bits per heavy atom. The summed E-state index contributed by atoms with van der Waals surface area (Å²) in [4.78, 5) is 4.81. The van der Waals surface area contributed by atoms with Crippen LogP contribution >= 0.6 is 0 Å². The van der Waals surface area contributed by atoms with Gasteiger partial charge in [0, 0.05) is 18.7 Å². The normalized spacial score (nSPS) is 16.2. The Balaban J connectivity index is 2.22. The molecule has 1 aromatic carbocycles. The van der Waals surface area contributed by atoms with Gasteiger partial charge in [-0.2, -0.15) is 0 Å². The number of hydrogen-bond acceptors (Lipinski definition) is 3. The predicted molar refractivity (Wildman–Crippen MR) is 77.3 cm³/mol. The third kappa shape index (κ3) is 2.10. The Hall–Kier alpha value is -1.55. The minimum absolute atomic E-state index is 0.0997. The molecule has 3 rings (SSSR count). The number of methoxy groups -OCH3 is 1. The molecule has 19 heavy (non-hydrogen) atoms. The van der Waals surface area contributed by atoms with E-state index in [1.54, 1.807) is 7.11 Å². The summed E-state index contributed by atoms with van der Waals surface area (Å²) >= 11 is 0. The van der Waals surface area contributed by atoms with Crippen molar-refractivity contribution in [2.24, 2.45) is 0 Å². The number of fused-ring (bicyclic) bond motifs is 1. The van der Waals surface area contributed by atoms with Gasteiger partial charge in [0.05, 0.1) is 23.2 Å². The Kier molecular flexibility index (Phi) is 2.78. The summed E-state index contributed by atoms with van der Waals surface area (Å²) in [5.41, 5.74) is 8.68. The van der Waals surface area contributed by atoms with Crippen LogP contribution < -0.4 is 5.73 Å². The smallest absolute Gasteiger partial charge is 0.113 e. The number of ether oxygens (including phenoxy) is 1. The molecule has 2 N–H and O–H groups in total. The van der Waals surface area contributed by atoms with Crippen molar-refractivity contribution >= 4 is 16.7 Å². The zero-order valence-electron chi connectivity index (χ0n) is 11.8. The molecule has 0 spiro atoms. The van der Waals surface area contributed by atoms with Gasteiger partial charge in [-0.05, 0) is 44.9 Å². The number of nitrogens with zero attached hydrogens (tertiary/aromatic N) is 2. The molecule has 1 heterocycles. The highest BCUT2D eigenvalue weighted by Gasteiger charge is 2.34. The lowest BCUT2D eigenvalue weighted by Crippen LogP contribution is -2.32. The molecule has 0 aliphatic heterocycles. The molecule has 1 fully saturated rings. The fraction of sp³-hybridized carbons (Fsp3) is 0.533. The van der Waals surface area contributed by atoms with Crippen LogP contribution in [0.25, 0.3) is 11.0 Å². The van der Waals surface area contributed by atoms with Crippen molar-refractivity contribution in [1.29, 1.82) is 0 Å². The van der Waals surface area contributed by atoms with Crippen LogP contribution in [0.5, 0.6) is 0 Å². The second kappa shape index (κ2) is 4.23. The summed E-state index contributed by atoms with van der Waals surface area (Å²) < 4.78 is 7.72. The second-order valence-electron chi connectivity index (χ2n) is 6.07. The average molecular weight is 259 g/mol. The Morgan fingerprint density at radius 3 is 2.79 bits per heavy atom. The Bertz CT molecular complexity index is 611. The molecule has 0 amide bonds. The van der Waals surface area contributed by atoms with Crippen LogP contribution in [0.2, 0.25) is 0 Å². The highest BCUT2D eigenvalue weighted by atomic mass is 16.5. The van der Waals surface area contributed by atoms with E-state index in [1.165, 1.54) is 18.7 Å². The SMILES string of the molecule is COCC(C)(C)n1c(C2CC2)nc2cc(N)ccc21. The topological polar surface area (TPSA) is 53.1 Å². The number of hydrogen-bond donors (Lipinski definition) is 1. The molecule has 0 radical (unpaired) electrons.